The van der Waals surface area contributed by atoms with E-state index in [1.807, 2.05) is 11.3 Å². The fraction of sp³-hybridized carbons (Fsp3) is 0.714. The van der Waals surface area contributed by atoms with Crippen LogP contribution in [-0.2, 0) is 6.54 Å². The molecule has 3 rings (SSSR count). The summed E-state index contributed by atoms with van der Waals surface area (Å²) in [4.78, 5) is 3.88. The Morgan fingerprint density at radius 2 is 2.22 bits per heavy atom. The van der Waals surface area contributed by atoms with Gasteiger partial charge in [0.05, 0.1) is 0 Å². The van der Waals surface area contributed by atoms with Crippen molar-refractivity contribution >= 4 is 27.3 Å². The van der Waals surface area contributed by atoms with Gasteiger partial charge in [0.15, 0.2) is 0 Å². The molecule has 100 valence electrons. The molecule has 0 aliphatic heterocycles. The summed E-state index contributed by atoms with van der Waals surface area (Å²) >= 11 is 5.35. The summed E-state index contributed by atoms with van der Waals surface area (Å²) in [5.74, 6) is 2.46. The first kappa shape index (κ1) is 13.1. The maximum atomic E-state index is 6.38. The summed E-state index contributed by atoms with van der Waals surface area (Å²) in [7, 11) is 2.23. The van der Waals surface area contributed by atoms with Crippen LogP contribution >= 0.6 is 27.3 Å². The normalized spacial score (nSPS) is 34.7. The molecule has 2 aliphatic carbocycles. The van der Waals surface area contributed by atoms with E-state index in [1.165, 1.54) is 28.6 Å². The Morgan fingerprint density at radius 3 is 2.83 bits per heavy atom. The number of halogens is 1. The van der Waals surface area contributed by atoms with Gasteiger partial charge in [-0.2, -0.15) is 0 Å². The van der Waals surface area contributed by atoms with Crippen LogP contribution in [-0.4, -0.2) is 24.5 Å². The van der Waals surface area contributed by atoms with Gasteiger partial charge in [0.2, 0.25) is 0 Å². The second-order valence-corrected chi connectivity index (χ2v) is 7.91. The Bertz CT molecular complexity index is 418. The third-order valence-corrected chi connectivity index (χ3v) is 6.41. The van der Waals surface area contributed by atoms with E-state index < -0.39 is 0 Å². The molecule has 2 fully saturated rings. The molecule has 4 atom stereocenters. The summed E-state index contributed by atoms with van der Waals surface area (Å²) in [6.45, 7) is 2.22. The molecule has 2 N–H and O–H groups in total. The highest BCUT2D eigenvalue weighted by Gasteiger charge is 2.45. The molecule has 0 aromatic carbocycles. The number of hydrogen-bond donors (Lipinski definition) is 1. The highest BCUT2D eigenvalue weighted by molar-refractivity contribution is 9.10. The van der Waals surface area contributed by atoms with Crippen LogP contribution in [0.5, 0.6) is 0 Å². The summed E-state index contributed by atoms with van der Waals surface area (Å²) in [6.07, 6.45) is 4.19. The van der Waals surface area contributed by atoms with Crippen molar-refractivity contribution < 1.29 is 0 Å². The fourth-order valence-corrected chi connectivity index (χ4v) is 5.38. The molecule has 1 heterocycles. The number of rotatable bonds is 4. The Kier molecular flexibility index (Phi) is 3.81. The van der Waals surface area contributed by atoms with Crippen LogP contribution in [0, 0.1) is 17.8 Å². The fourth-order valence-electron chi connectivity index (χ4n) is 3.85. The van der Waals surface area contributed by atoms with Gasteiger partial charge in [-0.25, -0.2) is 0 Å². The molecule has 2 bridgehead atoms. The zero-order valence-electron chi connectivity index (χ0n) is 10.8. The lowest BCUT2D eigenvalue weighted by molar-refractivity contribution is 0.195. The van der Waals surface area contributed by atoms with Crippen molar-refractivity contribution in [1.29, 1.82) is 0 Å². The molecule has 2 aliphatic rings. The SMILES string of the molecule is CN(Cc1cc(Br)cs1)CC1C2CCC(C2)C1N. The monoisotopic (exact) mass is 328 g/mol. The van der Waals surface area contributed by atoms with Crippen LogP contribution < -0.4 is 5.73 Å². The van der Waals surface area contributed by atoms with Gasteiger partial charge in [0.25, 0.3) is 0 Å². The van der Waals surface area contributed by atoms with Gasteiger partial charge in [-0.3, -0.25) is 0 Å². The quantitative estimate of drug-likeness (QED) is 0.918. The number of hydrogen-bond acceptors (Lipinski definition) is 3. The average Bonchev–Trinajstić information content (AvgIpc) is 2.99. The van der Waals surface area contributed by atoms with E-state index >= 15 is 0 Å². The van der Waals surface area contributed by atoms with E-state index in [0.29, 0.717) is 6.04 Å². The van der Waals surface area contributed by atoms with E-state index in [0.717, 1.165) is 30.8 Å². The minimum atomic E-state index is 0.460. The van der Waals surface area contributed by atoms with E-state index in [2.05, 4.69) is 39.3 Å². The van der Waals surface area contributed by atoms with Crippen molar-refractivity contribution in [3.05, 3.63) is 20.8 Å². The summed E-state index contributed by atoms with van der Waals surface area (Å²) in [5, 5.41) is 2.16. The molecule has 1 aromatic rings. The van der Waals surface area contributed by atoms with Gasteiger partial charge in [-0.05, 0) is 66.1 Å². The minimum absolute atomic E-state index is 0.460. The Balaban J connectivity index is 1.56. The first-order valence-electron chi connectivity index (χ1n) is 6.80. The van der Waals surface area contributed by atoms with Crippen molar-refractivity contribution in [3.8, 4) is 0 Å². The second kappa shape index (κ2) is 5.23. The molecule has 0 saturated heterocycles. The van der Waals surface area contributed by atoms with Crippen LogP contribution in [0.4, 0.5) is 0 Å². The molecule has 0 spiro atoms. The first-order chi connectivity index (χ1) is 8.63. The number of nitrogens with zero attached hydrogens (tertiary/aromatic N) is 1. The minimum Gasteiger partial charge on any atom is -0.327 e. The number of fused-ring (bicyclic) bond motifs is 2. The van der Waals surface area contributed by atoms with Gasteiger partial charge in [-0.1, -0.05) is 0 Å². The van der Waals surface area contributed by atoms with Crippen molar-refractivity contribution in [1.82, 2.24) is 4.90 Å². The van der Waals surface area contributed by atoms with Crippen molar-refractivity contribution in [2.75, 3.05) is 13.6 Å². The summed E-state index contributed by atoms with van der Waals surface area (Å²) < 4.78 is 1.20. The maximum absolute atomic E-state index is 6.38. The molecule has 2 saturated carbocycles. The molecular formula is C14H21BrN2S. The van der Waals surface area contributed by atoms with Gasteiger partial charge < -0.3 is 10.6 Å². The zero-order chi connectivity index (χ0) is 12.7. The van der Waals surface area contributed by atoms with Crippen molar-refractivity contribution in [2.24, 2.45) is 23.5 Å². The Labute approximate surface area is 122 Å². The Hall–Kier alpha value is 0.1000. The van der Waals surface area contributed by atoms with Gasteiger partial charge in [-0.15, -0.1) is 11.3 Å². The van der Waals surface area contributed by atoms with E-state index in [1.54, 1.807) is 0 Å². The van der Waals surface area contributed by atoms with Crippen LogP contribution in [0.3, 0.4) is 0 Å². The predicted octanol–water partition coefficient (Wildman–Crippen LogP) is 3.32. The Morgan fingerprint density at radius 1 is 1.44 bits per heavy atom. The van der Waals surface area contributed by atoms with E-state index in [4.69, 9.17) is 5.73 Å². The largest absolute Gasteiger partial charge is 0.327 e. The molecule has 1 aromatic heterocycles. The third-order valence-electron chi connectivity index (χ3n) is 4.73. The zero-order valence-corrected chi connectivity index (χ0v) is 13.2. The molecule has 4 heteroatoms. The second-order valence-electron chi connectivity index (χ2n) is 6.00. The standard InChI is InChI=1S/C14H21BrN2S/c1-17(6-12-5-11(15)8-18-12)7-13-9-2-3-10(4-9)14(13)16/h5,8-10,13-14H,2-4,6-7,16H2,1H3. The predicted molar refractivity (Wildman–Crippen MR) is 80.6 cm³/mol. The smallest absolute Gasteiger partial charge is 0.0325 e. The van der Waals surface area contributed by atoms with Gasteiger partial charge >= 0.3 is 0 Å². The van der Waals surface area contributed by atoms with Crippen molar-refractivity contribution in [2.45, 2.75) is 31.8 Å². The molecule has 2 nitrogen and oxygen atoms in total. The van der Waals surface area contributed by atoms with Crippen molar-refractivity contribution in [3.63, 3.8) is 0 Å². The van der Waals surface area contributed by atoms with E-state index in [9.17, 15) is 0 Å². The highest BCUT2D eigenvalue weighted by atomic mass is 79.9. The first-order valence-corrected chi connectivity index (χ1v) is 8.48. The molecule has 4 unspecified atom stereocenters. The van der Waals surface area contributed by atoms with Crippen LogP contribution in [0.2, 0.25) is 0 Å². The number of thiophene rings is 1. The highest BCUT2D eigenvalue weighted by Crippen LogP contribution is 2.47. The topological polar surface area (TPSA) is 29.3 Å². The lowest BCUT2D eigenvalue weighted by atomic mass is 9.84. The van der Waals surface area contributed by atoms with Crippen LogP contribution in [0.15, 0.2) is 15.9 Å². The van der Waals surface area contributed by atoms with Gasteiger partial charge in [0, 0.05) is 33.9 Å². The van der Waals surface area contributed by atoms with Gasteiger partial charge in [0.1, 0.15) is 0 Å². The summed E-state index contributed by atoms with van der Waals surface area (Å²) in [5.41, 5.74) is 6.38. The number of nitrogens with two attached hydrogens (primary N) is 1. The van der Waals surface area contributed by atoms with Crippen LogP contribution in [0.1, 0.15) is 24.1 Å². The molecule has 18 heavy (non-hydrogen) atoms. The lowest BCUT2D eigenvalue weighted by Crippen LogP contribution is -2.41. The summed E-state index contributed by atoms with van der Waals surface area (Å²) in [6, 6.07) is 2.68. The van der Waals surface area contributed by atoms with E-state index in [-0.39, 0.29) is 0 Å². The third kappa shape index (κ3) is 2.53. The lowest BCUT2D eigenvalue weighted by Gasteiger charge is -2.31. The maximum Gasteiger partial charge on any atom is 0.0325 e. The average molecular weight is 329 g/mol. The van der Waals surface area contributed by atoms with Crippen LogP contribution in [0.25, 0.3) is 0 Å². The molecular weight excluding hydrogens is 308 g/mol. The molecule has 0 radical (unpaired) electrons. The molecule has 0 amide bonds.